The van der Waals surface area contributed by atoms with Gasteiger partial charge in [0.1, 0.15) is 0 Å². The number of carbonyl (C=O) groups is 2. The molecular formula is C23H27N5O2. The topological polar surface area (TPSA) is 79.3 Å². The number of nitrogens with zero attached hydrogens (tertiary/aromatic N) is 3. The van der Waals surface area contributed by atoms with Gasteiger partial charge in [0.05, 0.1) is 11.4 Å². The Hall–Kier alpha value is -3.61. The molecule has 0 spiro atoms. The lowest BCUT2D eigenvalue weighted by molar-refractivity contribution is -0.105. The number of carbonyl (C=O) groups excluding carboxylic acids is 2. The Labute approximate surface area is 176 Å². The maximum Gasteiger partial charge on any atom is 0.317 e. The average molecular weight is 406 g/mol. The van der Waals surface area contributed by atoms with Crippen LogP contribution in [0.2, 0.25) is 0 Å². The first-order chi connectivity index (χ1) is 14.6. The van der Waals surface area contributed by atoms with E-state index in [0.717, 1.165) is 42.9 Å². The zero-order valence-electron chi connectivity index (χ0n) is 17.3. The summed E-state index contributed by atoms with van der Waals surface area (Å²) in [6.45, 7) is 3.82. The summed E-state index contributed by atoms with van der Waals surface area (Å²) < 4.78 is 1.86. The van der Waals surface area contributed by atoms with E-state index in [0.29, 0.717) is 12.2 Å². The number of rotatable bonds is 6. The van der Waals surface area contributed by atoms with Crippen molar-refractivity contribution in [3.63, 3.8) is 0 Å². The van der Waals surface area contributed by atoms with Crippen LogP contribution in [0.25, 0.3) is 16.9 Å². The van der Waals surface area contributed by atoms with Gasteiger partial charge in [0.25, 0.3) is 0 Å². The number of anilines is 1. The Morgan fingerprint density at radius 1 is 1.13 bits per heavy atom. The van der Waals surface area contributed by atoms with Crippen LogP contribution in [0, 0.1) is 0 Å². The molecule has 0 unspecified atom stereocenters. The van der Waals surface area contributed by atoms with Crippen LogP contribution in [0.5, 0.6) is 0 Å². The molecule has 1 fully saturated rings. The lowest BCUT2D eigenvalue weighted by atomic mass is 10.0. The summed E-state index contributed by atoms with van der Waals surface area (Å²) in [6.07, 6.45) is 2.81. The predicted molar refractivity (Wildman–Crippen MR) is 119 cm³/mol. The molecule has 156 valence electrons. The monoisotopic (exact) mass is 405 g/mol. The molecule has 1 aliphatic rings. The summed E-state index contributed by atoms with van der Waals surface area (Å²) in [7, 11) is 1.78. The van der Waals surface area contributed by atoms with Gasteiger partial charge in [-0.15, -0.1) is 5.10 Å². The van der Waals surface area contributed by atoms with Crippen LogP contribution < -0.4 is 10.6 Å². The highest BCUT2D eigenvalue weighted by Gasteiger charge is 2.13. The van der Waals surface area contributed by atoms with Crippen molar-refractivity contribution in [2.75, 3.05) is 25.5 Å². The van der Waals surface area contributed by atoms with Gasteiger partial charge in [-0.3, -0.25) is 4.79 Å². The third-order valence-electron chi connectivity index (χ3n) is 4.75. The Kier molecular flexibility index (Phi) is 7.21. The lowest BCUT2D eigenvalue weighted by Gasteiger charge is -2.08. The molecule has 0 atom stereocenters. The van der Waals surface area contributed by atoms with E-state index in [1.807, 2.05) is 41.1 Å². The summed E-state index contributed by atoms with van der Waals surface area (Å²) in [5.74, 6) is 0.541. The first-order valence-corrected chi connectivity index (χ1v) is 10.1. The van der Waals surface area contributed by atoms with Crippen molar-refractivity contribution in [3.8, 4) is 16.9 Å². The van der Waals surface area contributed by atoms with Crippen molar-refractivity contribution >= 4 is 18.3 Å². The van der Waals surface area contributed by atoms with Gasteiger partial charge in [0, 0.05) is 31.8 Å². The lowest BCUT2D eigenvalue weighted by Crippen LogP contribution is -2.23. The molecule has 2 aromatic carbocycles. The van der Waals surface area contributed by atoms with Gasteiger partial charge in [-0.2, -0.15) is 0 Å². The molecular weight excluding hydrogens is 378 g/mol. The maximum atomic E-state index is 10.7. The molecule has 0 radical (unpaired) electrons. The standard InChI is InChI=1S/C19H19N3O.C4H8N2O/c1-2-7-15-8-6-9-16(12-15)18-13-19(20-14-23)21-22(18)17-10-4-3-5-11-17;1-6-3-2-5-4(6)7/h3-6,8-14H,2,7H2,1H3,(H,20,21,23);2-3H2,1H3,(H,5,7). The van der Waals surface area contributed by atoms with E-state index in [1.54, 1.807) is 11.9 Å². The normalized spacial score (nSPS) is 12.7. The molecule has 2 heterocycles. The van der Waals surface area contributed by atoms with Crippen LogP contribution in [-0.4, -0.2) is 47.3 Å². The number of para-hydroxylation sites is 1. The zero-order chi connectivity index (χ0) is 21.3. The predicted octanol–water partition coefficient (Wildman–Crippen LogP) is 3.70. The second kappa shape index (κ2) is 10.2. The number of aryl methyl sites for hydroxylation is 1. The van der Waals surface area contributed by atoms with Gasteiger partial charge >= 0.3 is 6.03 Å². The fraction of sp³-hybridized carbons (Fsp3) is 0.261. The van der Waals surface area contributed by atoms with E-state index >= 15 is 0 Å². The van der Waals surface area contributed by atoms with Crippen molar-refractivity contribution in [1.82, 2.24) is 20.0 Å². The largest absolute Gasteiger partial charge is 0.336 e. The second-order valence-electron chi connectivity index (χ2n) is 7.03. The zero-order valence-corrected chi connectivity index (χ0v) is 17.3. The molecule has 3 aromatic rings. The van der Waals surface area contributed by atoms with Gasteiger partial charge in [-0.25, -0.2) is 9.48 Å². The van der Waals surface area contributed by atoms with E-state index in [2.05, 4.69) is 46.9 Å². The third kappa shape index (κ3) is 5.26. The molecule has 30 heavy (non-hydrogen) atoms. The minimum atomic E-state index is 0.0417. The number of amides is 3. The molecule has 0 saturated carbocycles. The van der Waals surface area contributed by atoms with E-state index in [9.17, 15) is 9.59 Å². The summed E-state index contributed by atoms with van der Waals surface area (Å²) in [5, 5.41) is 9.79. The average Bonchev–Trinajstić information content (AvgIpc) is 3.36. The van der Waals surface area contributed by atoms with Crippen molar-refractivity contribution in [3.05, 3.63) is 66.2 Å². The number of urea groups is 1. The van der Waals surface area contributed by atoms with Crippen molar-refractivity contribution in [1.29, 1.82) is 0 Å². The second-order valence-corrected chi connectivity index (χ2v) is 7.03. The highest BCUT2D eigenvalue weighted by molar-refractivity contribution is 5.75. The highest BCUT2D eigenvalue weighted by Crippen LogP contribution is 2.27. The number of hydrogen-bond donors (Lipinski definition) is 2. The Bertz CT molecular complexity index is 984. The summed E-state index contributed by atoms with van der Waals surface area (Å²) in [5.41, 5.74) is 4.31. The summed E-state index contributed by atoms with van der Waals surface area (Å²) >= 11 is 0. The molecule has 7 nitrogen and oxygen atoms in total. The molecule has 7 heteroatoms. The molecule has 3 amide bonds. The van der Waals surface area contributed by atoms with E-state index in [-0.39, 0.29) is 6.03 Å². The maximum absolute atomic E-state index is 10.7. The molecule has 0 aliphatic carbocycles. The first-order valence-electron chi connectivity index (χ1n) is 10.1. The molecule has 4 rings (SSSR count). The van der Waals surface area contributed by atoms with Crippen LogP contribution in [0.1, 0.15) is 18.9 Å². The van der Waals surface area contributed by atoms with Crippen LogP contribution in [-0.2, 0) is 11.2 Å². The van der Waals surface area contributed by atoms with Gasteiger partial charge < -0.3 is 15.5 Å². The van der Waals surface area contributed by atoms with E-state index in [1.165, 1.54) is 5.56 Å². The SMILES string of the molecule is CCCc1cccc(-c2cc(NC=O)nn2-c2ccccc2)c1.CN1CCNC1=O. The third-order valence-corrected chi connectivity index (χ3v) is 4.75. The van der Waals surface area contributed by atoms with Crippen LogP contribution in [0.4, 0.5) is 10.6 Å². The van der Waals surface area contributed by atoms with Gasteiger partial charge in [-0.1, -0.05) is 49.7 Å². The molecule has 0 bridgehead atoms. The first kappa shape index (κ1) is 21.1. The number of aromatic nitrogens is 2. The Balaban J connectivity index is 0.000000310. The number of benzene rings is 2. The molecule has 1 aliphatic heterocycles. The minimum absolute atomic E-state index is 0.0417. The van der Waals surface area contributed by atoms with E-state index in [4.69, 9.17) is 0 Å². The molecule has 1 aromatic heterocycles. The van der Waals surface area contributed by atoms with Crippen LogP contribution in [0.15, 0.2) is 60.7 Å². The molecule has 1 saturated heterocycles. The summed E-state index contributed by atoms with van der Waals surface area (Å²) in [6, 6.07) is 20.3. The van der Waals surface area contributed by atoms with Gasteiger partial charge in [-0.05, 0) is 30.2 Å². The fourth-order valence-electron chi connectivity index (χ4n) is 3.23. The van der Waals surface area contributed by atoms with Crippen molar-refractivity contribution < 1.29 is 9.59 Å². The number of likely N-dealkylation sites (N-methyl/N-ethyl adjacent to an activating group) is 1. The molecule has 2 N–H and O–H groups in total. The quantitative estimate of drug-likeness (QED) is 0.614. The van der Waals surface area contributed by atoms with Crippen molar-refractivity contribution in [2.24, 2.45) is 0 Å². The Morgan fingerprint density at radius 3 is 2.53 bits per heavy atom. The van der Waals surface area contributed by atoms with Crippen molar-refractivity contribution in [2.45, 2.75) is 19.8 Å². The van der Waals surface area contributed by atoms with Gasteiger partial charge in [0.2, 0.25) is 6.41 Å². The fourth-order valence-corrected chi connectivity index (χ4v) is 3.23. The number of hydrogen-bond acceptors (Lipinski definition) is 3. The highest BCUT2D eigenvalue weighted by atomic mass is 16.2. The minimum Gasteiger partial charge on any atom is -0.336 e. The summed E-state index contributed by atoms with van der Waals surface area (Å²) in [4.78, 5) is 22.8. The van der Waals surface area contributed by atoms with Crippen LogP contribution >= 0.6 is 0 Å². The van der Waals surface area contributed by atoms with Crippen LogP contribution in [0.3, 0.4) is 0 Å². The number of nitrogens with one attached hydrogen (secondary N) is 2. The van der Waals surface area contributed by atoms with E-state index < -0.39 is 0 Å². The smallest absolute Gasteiger partial charge is 0.317 e. The Morgan fingerprint density at radius 2 is 1.93 bits per heavy atom. The van der Waals surface area contributed by atoms with Gasteiger partial charge in [0.15, 0.2) is 5.82 Å².